The van der Waals surface area contributed by atoms with Crippen LogP contribution in [-0.4, -0.2) is 10.2 Å². The van der Waals surface area contributed by atoms with Crippen LogP contribution in [0.1, 0.15) is 10.6 Å². The summed E-state index contributed by atoms with van der Waals surface area (Å²) in [5.41, 5.74) is 0.637. The zero-order valence-corrected chi connectivity index (χ0v) is 11.5. The number of nitrogens with zero attached hydrogens (tertiary/aromatic N) is 3. The molecule has 0 amide bonds. The van der Waals surface area contributed by atoms with Crippen molar-refractivity contribution in [2.24, 2.45) is 0 Å². The number of halogens is 1. The van der Waals surface area contributed by atoms with E-state index in [1.807, 2.05) is 19.1 Å². The normalized spacial score (nSPS) is 10.1. The number of aryl methyl sites for hydroxylation is 1. The van der Waals surface area contributed by atoms with Crippen LogP contribution in [0.25, 0.3) is 0 Å². The number of rotatable bonds is 2. The third kappa shape index (κ3) is 2.61. The minimum atomic E-state index is 0.637. The van der Waals surface area contributed by atoms with Gasteiger partial charge in [0, 0.05) is 9.37 Å². The van der Waals surface area contributed by atoms with E-state index in [0.29, 0.717) is 5.56 Å². The second-order valence-corrected chi connectivity index (χ2v) is 6.30. The average Bonchev–Trinajstić information content (AvgIpc) is 2.64. The van der Waals surface area contributed by atoms with Gasteiger partial charge in [0.1, 0.15) is 11.1 Å². The Hall–Kier alpha value is -0.900. The Morgan fingerprint density at radius 1 is 1.44 bits per heavy atom. The Morgan fingerprint density at radius 2 is 2.25 bits per heavy atom. The molecule has 1 aromatic carbocycles. The molecule has 1 heterocycles. The molecule has 2 rings (SSSR count). The lowest BCUT2D eigenvalue weighted by molar-refractivity contribution is 0.984. The molecule has 0 aliphatic heterocycles. The summed E-state index contributed by atoms with van der Waals surface area (Å²) in [7, 11) is 0. The van der Waals surface area contributed by atoms with Crippen LogP contribution in [-0.2, 0) is 0 Å². The first-order valence-corrected chi connectivity index (χ1v) is 6.79. The van der Waals surface area contributed by atoms with Gasteiger partial charge in [-0.3, -0.25) is 0 Å². The zero-order valence-electron chi connectivity index (χ0n) is 8.27. The van der Waals surface area contributed by atoms with Gasteiger partial charge in [-0.05, 0) is 41.1 Å². The van der Waals surface area contributed by atoms with Gasteiger partial charge in [0.2, 0.25) is 0 Å². The summed E-state index contributed by atoms with van der Waals surface area (Å²) >= 11 is 6.46. The van der Waals surface area contributed by atoms with Crippen LogP contribution in [0.2, 0.25) is 0 Å². The van der Waals surface area contributed by atoms with E-state index in [1.54, 1.807) is 29.2 Å². The predicted molar refractivity (Wildman–Crippen MR) is 67.6 cm³/mol. The monoisotopic (exact) mass is 311 g/mol. The molecule has 1 aromatic heterocycles. The van der Waals surface area contributed by atoms with Gasteiger partial charge >= 0.3 is 0 Å². The molecule has 0 saturated carbocycles. The lowest BCUT2D eigenvalue weighted by Crippen LogP contribution is -1.79. The van der Waals surface area contributed by atoms with Gasteiger partial charge in [0.15, 0.2) is 4.34 Å². The molecule has 16 heavy (non-hydrogen) atoms. The minimum absolute atomic E-state index is 0.637. The highest BCUT2D eigenvalue weighted by Gasteiger charge is 2.05. The van der Waals surface area contributed by atoms with Crippen molar-refractivity contribution in [3.05, 3.63) is 33.2 Å². The maximum atomic E-state index is 8.80. The molecule has 0 N–H and O–H groups in total. The van der Waals surface area contributed by atoms with Crippen molar-refractivity contribution in [3.63, 3.8) is 0 Å². The van der Waals surface area contributed by atoms with E-state index in [9.17, 15) is 0 Å². The number of benzene rings is 1. The lowest BCUT2D eigenvalue weighted by Gasteiger charge is -1.99. The first-order chi connectivity index (χ1) is 7.69. The molecule has 0 spiro atoms. The summed E-state index contributed by atoms with van der Waals surface area (Å²) in [5.74, 6) is 0. The molecule has 0 saturated heterocycles. The van der Waals surface area contributed by atoms with Gasteiger partial charge in [0.25, 0.3) is 0 Å². The Kier molecular flexibility index (Phi) is 3.59. The standard InChI is InChI=1S/C10H6BrN3S2/c1-6-13-14-10(15-6)16-8-3-2-7(5-12)9(11)4-8/h2-4H,1H3. The summed E-state index contributed by atoms with van der Waals surface area (Å²) in [6.07, 6.45) is 0. The molecule has 0 bridgehead atoms. The lowest BCUT2D eigenvalue weighted by atomic mass is 10.2. The van der Waals surface area contributed by atoms with E-state index in [4.69, 9.17) is 5.26 Å². The van der Waals surface area contributed by atoms with E-state index >= 15 is 0 Å². The van der Waals surface area contributed by atoms with Crippen molar-refractivity contribution in [1.29, 1.82) is 5.26 Å². The predicted octanol–water partition coefficient (Wildman–Crippen LogP) is 3.63. The highest BCUT2D eigenvalue weighted by atomic mass is 79.9. The van der Waals surface area contributed by atoms with E-state index in [2.05, 4.69) is 32.2 Å². The van der Waals surface area contributed by atoms with Crippen LogP contribution >= 0.6 is 39.0 Å². The highest BCUT2D eigenvalue weighted by molar-refractivity contribution is 9.10. The highest BCUT2D eigenvalue weighted by Crippen LogP contribution is 2.32. The van der Waals surface area contributed by atoms with Crippen molar-refractivity contribution >= 4 is 39.0 Å². The Labute approximate surface area is 110 Å². The molecular weight excluding hydrogens is 306 g/mol. The molecule has 0 aliphatic carbocycles. The number of hydrogen-bond acceptors (Lipinski definition) is 5. The number of aromatic nitrogens is 2. The second kappa shape index (κ2) is 4.95. The van der Waals surface area contributed by atoms with Crippen molar-refractivity contribution in [1.82, 2.24) is 10.2 Å². The summed E-state index contributed by atoms with van der Waals surface area (Å²) in [5, 5.41) is 17.7. The van der Waals surface area contributed by atoms with Crippen molar-refractivity contribution in [2.45, 2.75) is 16.2 Å². The summed E-state index contributed by atoms with van der Waals surface area (Å²) in [4.78, 5) is 1.04. The molecular formula is C10H6BrN3S2. The Bertz CT molecular complexity index is 559. The molecule has 3 nitrogen and oxygen atoms in total. The third-order valence-corrected chi connectivity index (χ3v) is 4.31. The summed E-state index contributed by atoms with van der Waals surface area (Å²) < 4.78 is 1.72. The van der Waals surface area contributed by atoms with Gasteiger partial charge in [0.05, 0.1) is 5.56 Å². The van der Waals surface area contributed by atoms with Crippen LogP contribution in [0.4, 0.5) is 0 Å². The Balaban J connectivity index is 2.23. The smallest absolute Gasteiger partial charge is 0.179 e. The fourth-order valence-electron chi connectivity index (χ4n) is 1.07. The van der Waals surface area contributed by atoms with Crippen molar-refractivity contribution < 1.29 is 0 Å². The largest absolute Gasteiger partial charge is 0.192 e. The van der Waals surface area contributed by atoms with Gasteiger partial charge in [-0.1, -0.05) is 23.1 Å². The molecule has 0 fully saturated rings. The van der Waals surface area contributed by atoms with Crippen molar-refractivity contribution in [3.8, 4) is 6.07 Å². The molecule has 6 heteroatoms. The quantitative estimate of drug-likeness (QED) is 0.849. The van der Waals surface area contributed by atoms with Gasteiger partial charge in [-0.2, -0.15) is 5.26 Å². The summed E-state index contributed by atoms with van der Waals surface area (Å²) in [6, 6.07) is 7.72. The van der Waals surface area contributed by atoms with E-state index < -0.39 is 0 Å². The maximum Gasteiger partial charge on any atom is 0.179 e. The zero-order chi connectivity index (χ0) is 11.5. The average molecular weight is 312 g/mol. The van der Waals surface area contributed by atoms with Crippen LogP contribution < -0.4 is 0 Å². The van der Waals surface area contributed by atoms with E-state index in [1.165, 1.54) is 0 Å². The molecule has 0 aliphatic rings. The topological polar surface area (TPSA) is 49.6 Å². The van der Waals surface area contributed by atoms with Crippen LogP contribution in [0.15, 0.2) is 31.9 Å². The fourth-order valence-corrected chi connectivity index (χ4v) is 3.52. The SMILES string of the molecule is Cc1nnc(Sc2ccc(C#N)c(Br)c2)s1. The Morgan fingerprint density at radius 3 is 2.81 bits per heavy atom. The maximum absolute atomic E-state index is 8.80. The number of nitriles is 1. The van der Waals surface area contributed by atoms with Gasteiger partial charge < -0.3 is 0 Å². The minimum Gasteiger partial charge on any atom is -0.192 e. The fraction of sp³-hybridized carbons (Fsp3) is 0.100. The van der Waals surface area contributed by atoms with Gasteiger partial charge in [-0.15, -0.1) is 10.2 Å². The van der Waals surface area contributed by atoms with Crippen LogP contribution in [0, 0.1) is 18.3 Å². The van der Waals surface area contributed by atoms with Crippen LogP contribution in [0.3, 0.4) is 0 Å². The second-order valence-electron chi connectivity index (χ2n) is 2.94. The van der Waals surface area contributed by atoms with Gasteiger partial charge in [-0.25, -0.2) is 0 Å². The molecule has 0 unspecified atom stereocenters. The van der Waals surface area contributed by atoms with E-state index in [0.717, 1.165) is 18.7 Å². The molecule has 2 aromatic rings. The number of hydrogen-bond donors (Lipinski definition) is 0. The first-order valence-electron chi connectivity index (χ1n) is 4.36. The molecule has 0 radical (unpaired) electrons. The molecule has 80 valence electrons. The van der Waals surface area contributed by atoms with E-state index in [-0.39, 0.29) is 0 Å². The molecule has 0 atom stereocenters. The first kappa shape index (κ1) is 11.6. The summed E-state index contributed by atoms with van der Waals surface area (Å²) in [6.45, 7) is 1.93. The third-order valence-electron chi connectivity index (χ3n) is 1.77. The van der Waals surface area contributed by atoms with Crippen LogP contribution in [0.5, 0.6) is 0 Å². The van der Waals surface area contributed by atoms with Crippen molar-refractivity contribution in [2.75, 3.05) is 0 Å².